The molecule has 148 valence electrons. The molecule has 29 heavy (non-hydrogen) atoms. The molecule has 6 nitrogen and oxygen atoms in total. The van der Waals surface area contributed by atoms with Gasteiger partial charge in [-0.05, 0) is 36.2 Å². The van der Waals surface area contributed by atoms with Gasteiger partial charge in [0.05, 0.1) is 5.57 Å². The minimum atomic E-state index is -0.591. The third kappa shape index (κ3) is 3.86. The molecule has 0 aliphatic carbocycles. The summed E-state index contributed by atoms with van der Waals surface area (Å²) in [4.78, 5) is 16.7. The highest BCUT2D eigenvalue weighted by Crippen LogP contribution is 2.36. The van der Waals surface area contributed by atoms with Crippen LogP contribution in [0.25, 0.3) is 0 Å². The van der Waals surface area contributed by atoms with Gasteiger partial charge in [0.15, 0.2) is 0 Å². The van der Waals surface area contributed by atoms with Crippen molar-refractivity contribution in [1.82, 2.24) is 14.8 Å². The number of rotatable bonds is 5. The molecule has 0 radical (unpaired) electrons. The van der Waals surface area contributed by atoms with Crippen LogP contribution in [0.1, 0.15) is 24.1 Å². The normalized spacial score (nSPS) is 15.8. The zero-order valence-electron chi connectivity index (χ0n) is 15.4. The molecule has 4 rings (SSSR count). The quantitative estimate of drug-likeness (QED) is 0.595. The largest absolute Gasteiger partial charge is 0.366 e. The Morgan fingerprint density at radius 2 is 2.00 bits per heavy atom. The Hall–Kier alpha value is -2.84. The van der Waals surface area contributed by atoms with Gasteiger partial charge in [-0.15, -0.1) is 5.10 Å². The lowest BCUT2D eigenvalue weighted by molar-refractivity contribution is -0.115. The smallest absolute Gasteiger partial charge is 0.248 e. The van der Waals surface area contributed by atoms with E-state index in [0.29, 0.717) is 38.7 Å². The number of primary amides is 1. The van der Waals surface area contributed by atoms with Crippen molar-refractivity contribution in [3.8, 4) is 0 Å². The fourth-order valence-corrected chi connectivity index (χ4v) is 4.34. The van der Waals surface area contributed by atoms with Crippen molar-refractivity contribution >= 4 is 35.2 Å². The highest BCUT2D eigenvalue weighted by molar-refractivity contribution is 7.98. The first kappa shape index (κ1) is 19.5. The maximum Gasteiger partial charge on any atom is 0.248 e. The van der Waals surface area contributed by atoms with Gasteiger partial charge < -0.3 is 11.1 Å². The number of carbonyl (C=O) groups excluding carboxylic acids is 1. The van der Waals surface area contributed by atoms with E-state index in [0.717, 1.165) is 5.56 Å². The van der Waals surface area contributed by atoms with Crippen LogP contribution in [0.5, 0.6) is 0 Å². The van der Waals surface area contributed by atoms with Gasteiger partial charge in [0.25, 0.3) is 0 Å². The van der Waals surface area contributed by atoms with Gasteiger partial charge in [0.1, 0.15) is 11.9 Å². The molecule has 0 saturated carbocycles. The van der Waals surface area contributed by atoms with E-state index >= 15 is 0 Å². The third-order valence-electron chi connectivity index (χ3n) is 4.60. The number of amides is 1. The number of fused-ring (bicyclic) bond motifs is 1. The highest BCUT2D eigenvalue weighted by Gasteiger charge is 2.33. The summed E-state index contributed by atoms with van der Waals surface area (Å²) in [7, 11) is 0. The van der Waals surface area contributed by atoms with E-state index in [4.69, 9.17) is 17.3 Å². The van der Waals surface area contributed by atoms with Crippen LogP contribution < -0.4 is 11.1 Å². The molecule has 1 aliphatic heterocycles. The van der Waals surface area contributed by atoms with Crippen molar-refractivity contribution < 1.29 is 9.18 Å². The molecule has 3 aromatic rings. The maximum atomic E-state index is 13.4. The number of anilines is 1. The fraction of sp³-hybridized carbons (Fsp3) is 0.150. The number of nitrogens with one attached hydrogen (secondary N) is 1. The first-order valence-electron chi connectivity index (χ1n) is 8.80. The monoisotopic (exact) mass is 429 g/mol. The van der Waals surface area contributed by atoms with Crippen molar-refractivity contribution in [3.05, 3.63) is 81.8 Å². The minimum Gasteiger partial charge on any atom is -0.366 e. The molecular formula is C20H17ClFN5OS. The second kappa shape index (κ2) is 7.88. The Balaban J connectivity index is 1.69. The lowest BCUT2D eigenvalue weighted by Gasteiger charge is -2.27. The van der Waals surface area contributed by atoms with Crippen molar-refractivity contribution in [2.24, 2.45) is 5.73 Å². The molecule has 2 aromatic carbocycles. The number of hydrogen-bond acceptors (Lipinski definition) is 5. The van der Waals surface area contributed by atoms with Crippen molar-refractivity contribution in [3.63, 3.8) is 0 Å². The first-order valence-corrected chi connectivity index (χ1v) is 10.2. The van der Waals surface area contributed by atoms with Gasteiger partial charge in [0.2, 0.25) is 17.0 Å². The average Bonchev–Trinajstić information content (AvgIpc) is 3.09. The molecule has 1 aromatic heterocycles. The lowest BCUT2D eigenvalue weighted by Crippen LogP contribution is -2.31. The average molecular weight is 430 g/mol. The van der Waals surface area contributed by atoms with Gasteiger partial charge in [-0.25, -0.2) is 9.07 Å². The summed E-state index contributed by atoms with van der Waals surface area (Å²) >= 11 is 7.65. The number of aromatic nitrogens is 3. The van der Waals surface area contributed by atoms with Crippen LogP contribution in [-0.4, -0.2) is 20.7 Å². The molecule has 1 amide bonds. The van der Waals surface area contributed by atoms with Gasteiger partial charge >= 0.3 is 0 Å². The molecular weight excluding hydrogens is 413 g/mol. The molecule has 0 fully saturated rings. The summed E-state index contributed by atoms with van der Waals surface area (Å²) in [5.41, 5.74) is 8.25. The van der Waals surface area contributed by atoms with Gasteiger partial charge in [-0.1, -0.05) is 53.7 Å². The van der Waals surface area contributed by atoms with Crippen LogP contribution in [0.4, 0.5) is 10.3 Å². The highest BCUT2D eigenvalue weighted by atomic mass is 35.5. The van der Waals surface area contributed by atoms with Gasteiger partial charge in [-0.3, -0.25) is 4.79 Å². The summed E-state index contributed by atoms with van der Waals surface area (Å²) in [5, 5.41) is 8.86. The second-order valence-electron chi connectivity index (χ2n) is 6.52. The minimum absolute atomic E-state index is 0.358. The van der Waals surface area contributed by atoms with Crippen LogP contribution in [-0.2, 0) is 10.5 Å². The Morgan fingerprint density at radius 3 is 2.69 bits per heavy atom. The Bertz CT molecular complexity index is 1110. The van der Waals surface area contributed by atoms with Gasteiger partial charge in [-0.2, -0.15) is 4.98 Å². The van der Waals surface area contributed by atoms with E-state index < -0.39 is 11.9 Å². The topological polar surface area (TPSA) is 85.8 Å². The Labute approximate surface area is 176 Å². The number of hydrogen-bond donors (Lipinski definition) is 2. The van der Waals surface area contributed by atoms with Crippen molar-refractivity contribution in [2.45, 2.75) is 23.9 Å². The predicted molar refractivity (Wildman–Crippen MR) is 111 cm³/mol. The predicted octanol–water partition coefficient (Wildman–Crippen LogP) is 4.14. The SMILES string of the molecule is CC1=C(C(N)=O)[C@@H](c2ccc(F)cc2)n2nc(SCc3ccccc3Cl)nc2N1. The van der Waals surface area contributed by atoms with Gasteiger partial charge in [0, 0.05) is 16.5 Å². The zero-order valence-corrected chi connectivity index (χ0v) is 17.0. The Morgan fingerprint density at radius 1 is 1.28 bits per heavy atom. The number of thioether (sulfide) groups is 1. The van der Waals surface area contributed by atoms with E-state index in [9.17, 15) is 9.18 Å². The van der Waals surface area contributed by atoms with Crippen LogP contribution in [0.3, 0.4) is 0 Å². The van der Waals surface area contributed by atoms with Crippen LogP contribution in [0, 0.1) is 5.82 Å². The second-order valence-corrected chi connectivity index (χ2v) is 7.87. The lowest BCUT2D eigenvalue weighted by atomic mass is 9.95. The first-order chi connectivity index (χ1) is 13.9. The van der Waals surface area contributed by atoms with Crippen molar-refractivity contribution in [2.75, 3.05) is 5.32 Å². The van der Waals surface area contributed by atoms with Crippen molar-refractivity contribution in [1.29, 1.82) is 0 Å². The molecule has 1 atom stereocenters. The van der Waals surface area contributed by atoms with E-state index in [1.54, 1.807) is 23.7 Å². The Kier molecular flexibility index (Phi) is 5.29. The molecule has 1 aliphatic rings. The molecule has 3 N–H and O–H groups in total. The van der Waals surface area contributed by atoms with E-state index in [1.807, 2.05) is 24.3 Å². The molecule has 0 unspecified atom stereocenters. The van der Waals surface area contributed by atoms with Crippen LogP contribution in [0.15, 0.2) is 65.0 Å². The summed E-state index contributed by atoms with van der Waals surface area (Å²) < 4.78 is 15.0. The fourth-order valence-electron chi connectivity index (χ4n) is 3.22. The number of halogens is 2. The summed E-state index contributed by atoms with van der Waals surface area (Å²) in [5.74, 6) is 0.150. The number of carbonyl (C=O) groups is 1. The molecule has 0 bridgehead atoms. The molecule has 2 heterocycles. The summed E-state index contributed by atoms with van der Waals surface area (Å²) in [6.45, 7) is 1.76. The number of nitrogens with zero attached hydrogens (tertiary/aromatic N) is 3. The van der Waals surface area contributed by atoms with Crippen LogP contribution >= 0.6 is 23.4 Å². The summed E-state index contributed by atoms with van der Waals surface area (Å²) in [6, 6.07) is 12.9. The third-order valence-corrected chi connectivity index (χ3v) is 5.85. The zero-order chi connectivity index (χ0) is 20.5. The number of allylic oxidation sites excluding steroid dienone is 1. The maximum absolute atomic E-state index is 13.4. The van der Waals surface area contributed by atoms with E-state index in [1.165, 1.54) is 23.9 Å². The summed E-state index contributed by atoms with van der Waals surface area (Å²) in [6.07, 6.45) is 0. The van der Waals surface area contributed by atoms with E-state index in [-0.39, 0.29) is 5.82 Å². The number of nitrogens with two attached hydrogens (primary N) is 1. The van der Waals surface area contributed by atoms with Crippen LogP contribution in [0.2, 0.25) is 5.02 Å². The molecule has 0 spiro atoms. The van der Waals surface area contributed by atoms with E-state index in [2.05, 4.69) is 15.4 Å². The molecule has 9 heteroatoms. The number of benzene rings is 2. The standard InChI is InChI=1S/C20H17ClFN5OS/c1-11-16(18(23)28)17(12-6-8-14(22)9-7-12)27-19(24-11)25-20(26-27)29-10-13-4-2-3-5-15(13)21/h2-9,17H,10H2,1H3,(H2,23,28)(H,24,25,26)/t17-/m1/s1. The molecule has 0 saturated heterocycles.